The van der Waals surface area contributed by atoms with Crippen LogP contribution in [0.25, 0.3) is 6.08 Å². The van der Waals surface area contributed by atoms with Gasteiger partial charge in [-0.2, -0.15) is 0 Å². The molecule has 0 saturated heterocycles. The van der Waals surface area contributed by atoms with Crippen molar-refractivity contribution in [3.05, 3.63) is 131 Å². The molecule has 12 nitrogen and oxygen atoms in total. The van der Waals surface area contributed by atoms with Crippen LogP contribution in [-0.4, -0.2) is 77.6 Å². The average molecular weight is 765 g/mol. The van der Waals surface area contributed by atoms with E-state index in [1.165, 1.54) is 25.3 Å². The number of aliphatic hydroxyl groups excluding tert-OH is 2. The van der Waals surface area contributed by atoms with Crippen molar-refractivity contribution in [2.24, 2.45) is 5.41 Å². The van der Waals surface area contributed by atoms with Crippen molar-refractivity contribution in [3.63, 3.8) is 0 Å². The molecule has 1 aliphatic carbocycles. The van der Waals surface area contributed by atoms with Gasteiger partial charge in [-0.3, -0.25) is 19.7 Å². The van der Waals surface area contributed by atoms with Crippen molar-refractivity contribution in [3.8, 4) is 17.2 Å². The fourth-order valence-corrected chi connectivity index (χ4v) is 6.78. The summed E-state index contributed by atoms with van der Waals surface area (Å²) in [6, 6.07) is 24.7. The largest absolute Gasteiger partial charge is 0.507 e. The van der Waals surface area contributed by atoms with Crippen LogP contribution in [0.2, 0.25) is 0 Å². The van der Waals surface area contributed by atoms with Gasteiger partial charge in [0.1, 0.15) is 29.3 Å². The predicted octanol–water partition coefficient (Wildman–Crippen LogP) is 3.97. The van der Waals surface area contributed by atoms with Crippen LogP contribution in [0.1, 0.15) is 54.6 Å². The quantitative estimate of drug-likeness (QED) is 0.0832. The van der Waals surface area contributed by atoms with Gasteiger partial charge in [-0.15, -0.1) is 0 Å². The third-order valence-electron chi connectivity index (χ3n) is 9.92. The van der Waals surface area contributed by atoms with Crippen LogP contribution in [0, 0.1) is 5.41 Å². The molecule has 4 aromatic carbocycles. The Kier molecular flexibility index (Phi) is 13.9. The van der Waals surface area contributed by atoms with Gasteiger partial charge in [0.05, 0.1) is 38.5 Å². The molecule has 0 aliphatic heterocycles. The van der Waals surface area contributed by atoms with Crippen LogP contribution in [0.15, 0.2) is 103 Å². The maximum atomic E-state index is 14.3. The zero-order chi connectivity index (χ0) is 40.4. The molecule has 6 atom stereocenters. The zero-order valence-electron chi connectivity index (χ0n) is 32.4. The second kappa shape index (κ2) is 18.8. The molecule has 296 valence electrons. The molecule has 7 N–H and O–H groups in total. The van der Waals surface area contributed by atoms with Gasteiger partial charge < -0.3 is 40.7 Å². The van der Waals surface area contributed by atoms with Crippen LogP contribution < -0.4 is 30.7 Å². The summed E-state index contributed by atoms with van der Waals surface area (Å²) < 4.78 is 10.4. The van der Waals surface area contributed by atoms with Crippen molar-refractivity contribution < 1.29 is 39.2 Å². The Labute approximate surface area is 327 Å². The summed E-state index contributed by atoms with van der Waals surface area (Å²) >= 11 is 0. The Bertz CT molecular complexity index is 1980. The molecule has 3 amide bonds. The third-order valence-corrected chi connectivity index (χ3v) is 9.92. The Morgan fingerprint density at radius 1 is 0.839 bits per heavy atom. The fourth-order valence-electron chi connectivity index (χ4n) is 6.78. The Hall–Kier alpha value is -5.69. The first-order valence-electron chi connectivity index (χ1n) is 18.6. The minimum absolute atomic E-state index is 0.0814. The summed E-state index contributed by atoms with van der Waals surface area (Å²) in [5.41, 5.74) is 2.93. The zero-order valence-corrected chi connectivity index (χ0v) is 32.4. The fraction of sp³-hybridized carbons (Fsp3) is 0.341. The van der Waals surface area contributed by atoms with Crippen LogP contribution in [0.3, 0.4) is 0 Å². The Morgan fingerprint density at radius 3 is 2.16 bits per heavy atom. The van der Waals surface area contributed by atoms with Crippen molar-refractivity contribution in [2.45, 2.75) is 76.5 Å². The summed E-state index contributed by atoms with van der Waals surface area (Å²) in [7, 11) is 3.05. The minimum atomic E-state index is -1.49. The van der Waals surface area contributed by atoms with Gasteiger partial charge in [0.2, 0.25) is 17.7 Å². The van der Waals surface area contributed by atoms with Gasteiger partial charge in [0, 0.05) is 30.7 Å². The lowest BCUT2D eigenvalue weighted by molar-refractivity contribution is -0.133. The first kappa shape index (κ1) is 41.5. The number of hydrogen-bond acceptors (Lipinski definition) is 9. The van der Waals surface area contributed by atoms with Gasteiger partial charge in [-0.1, -0.05) is 87.5 Å². The molecule has 0 saturated carbocycles. The van der Waals surface area contributed by atoms with E-state index in [0.29, 0.717) is 23.5 Å². The molecule has 1 unspecified atom stereocenters. The number of phenols is 1. The number of amides is 3. The molecule has 0 aromatic heterocycles. The topological polar surface area (TPSA) is 178 Å². The molecular weight excluding hydrogens is 713 g/mol. The van der Waals surface area contributed by atoms with E-state index in [4.69, 9.17) is 9.47 Å². The van der Waals surface area contributed by atoms with Crippen molar-refractivity contribution in [1.29, 1.82) is 0 Å². The summed E-state index contributed by atoms with van der Waals surface area (Å²) in [6.07, 6.45) is 0.827. The molecule has 56 heavy (non-hydrogen) atoms. The minimum Gasteiger partial charge on any atom is -0.507 e. The molecule has 0 spiro atoms. The molecule has 12 heteroatoms. The number of aromatic hydroxyl groups is 1. The molecule has 0 bridgehead atoms. The monoisotopic (exact) mass is 764 g/mol. The standard InChI is InChI=1S/C44H52N4O8/c1-44(2,3)41(47-37(51)22-18-29-17-21-32(56-5)25-35(29)49)43(54)46-34(23-27-11-7-6-8-12-27)40(52)39(45-26-28-15-19-31(55-4)20-16-28)42(53)48-38-33-14-10-9-13-30(33)24-36(38)50/h6-22,25,34,36,38-41,45,49-50,52H,23-24,26H2,1-5H3,(H,46,54)(H,47,51)(H,48,53)/b22-18+/t34-,36+,38?,39+,40+,41+/m0/s1. The van der Waals surface area contributed by atoms with E-state index in [1.807, 2.05) is 66.7 Å². The number of carbonyl (C=O) groups excluding carboxylic acids is 3. The van der Waals surface area contributed by atoms with Gasteiger partial charge in [-0.25, -0.2) is 0 Å². The van der Waals surface area contributed by atoms with Gasteiger partial charge in [0.15, 0.2) is 0 Å². The lowest BCUT2D eigenvalue weighted by atomic mass is 9.85. The molecular formula is C44H52N4O8. The smallest absolute Gasteiger partial charge is 0.244 e. The SMILES string of the molecule is COc1ccc(CN[C@@H](C(=O)NC2c3ccccc3C[C@H]2O)[C@H](O)[C@H](Cc2ccccc2)NC(=O)[C@@H](NC(=O)/C=C/c2ccc(OC)cc2O)C(C)(C)C)cc1. The number of phenolic OH excluding ortho intramolecular Hbond substituents is 1. The molecule has 4 aromatic rings. The van der Waals surface area contributed by atoms with E-state index in [2.05, 4.69) is 21.3 Å². The highest BCUT2D eigenvalue weighted by Gasteiger charge is 2.40. The van der Waals surface area contributed by atoms with Gasteiger partial charge in [-0.05, 0) is 64.4 Å². The number of ether oxygens (including phenoxy) is 2. The lowest BCUT2D eigenvalue weighted by Crippen LogP contribution is -2.62. The lowest BCUT2D eigenvalue weighted by Gasteiger charge is -2.35. The number of methoxy groups -OCH3 is 2. The van der Waals surface area contributed by atoms with Crippen LogP contribution in [0.5, 0.6) is 17.2 Å². The average Bonchev–Trinajstić information content (AvgIpc) is 3.50. The van der Waals surface area contributed by atoms with Crippen molar-refractivity contribution >= 4 is 23.8 Å². The highest BCUT2D eigenvalue weighted by atomic mass is 16.5. The second-order valence-electron chi connectivity index (χ2n) is 15.0. The summed E-state index contributed by atoms with van der Waals surface area (Å²) in [5.74, 6) is -0.672. The van der Waals surface area contributed by atoms with Crippen LogP contribution in [0.4, 0.5) is 0 Å². The third kappa shape index (κ3) is 10.7. The number of fused-ring (bicyclic) bond motifs is 1. The molecule has 0 heterocycles. The Morgan fingerprint density at radius 2 is 1.50 bits per heavy atom. The van der Waals surface area contributed by atoms with Crippen molar-refractivity contribution in [2.75, 3.05) is 14.2 Å². The predicted molar refractivity (Wildman–Crippen MR) is 214 cm³/mol. The van der Waals surface area contributed by atoms with Gasteiger partial charge >= 0.3 is 0 Å². The first-order valence-corrected chi connectivity index (χ1v) is 18.6. The number of benzene rings is 4. The number of aliphatic hydroxyl groups is 2. The number of nitrogens with one attached hydrogen (secondary N) is 4. The number of carbonyl (C=O) groups is 3. The van der Waals surface area contributed by atoms with E-state index in [-0.39, 0.29) is 18.7 Å². The van der Waals surface area contributed by atoms with E-state index < -0.39 is 59.5 Å². The second-order valence-corrected chi connectivity index (χ2v) is 15.0. The van der Waals surface area contributed by atoms with E-state index in [0.717, 1.165) is 22.3 Å². The van der Waals surface area contributed by atoms with Crippen LogP contribution in [-0.2, 0) is 33.8 Å². The highest BCUT2D eigenvalue weighted by Crippen LogP contribution is 2.31. The summed E-state index contributed by atoms with van der Waals surface area (Å²) in [5, 5.41) is 45.5. The molecule has 1 aliphatic rings. The van der Waals surface area contributed by atoms with E-state index >= 15 is 0 Å². The maximum Gasteiger partial charge on any atom is 0.244 e. The molecule has 0 radical (unpaired) electrons. The normalized spacial score (nSPS) is 17.3. The van der Waals surface area contributed by atoms with Crippen molar-refractivity contribution in [1.82, 2.24) is 21.3 Å². The first-order chi connectivity index (χ1) is 26.8. The maximum absolute atomic E-state index is 14.3. The highest BCUT2D eigenvalue weighted by molar-refractivity contribution is 5.96. The number of rotatable bonds is 16. The van der Waals surface area contributed by atoms with Crippen LogP contribution >= 0.6 is 0 Å². The van der Waals surface area contributed by atoms with E-state index in [9.17, 15) is 29.7 Å². The van der Waals surface area contributed by atoms with Gasteiger partial charge in [0.25, 0.3) is 0 Å². The number of hydrogen-bond donors (Lipinski definition) is 7. The molecule has 0 fully saturated rings. The summed E-state index contributed by atoms with van der Waals surface area (Å²) in [4.78, 5) is 41.8. The Balaban J connectivity index is 1.41. The summed E-state index contributed by atoms with van der Waals surface area (Å²) in [6.45, 7) is 5.59. The molecule has 5 rings (SSSR count). The van der Waals surface area contributed by atoms with E-state index in [1.54, 1.807) is 52.1 Å².